The quantitative estimate of drug-likeness (QED) is 0.866. The molecule has 1 aliphatic carbocycles. The molecule has 1 saturated carbocycles. The summed E-state index contributed by atoms with van der Waals surface area (Å²) in [6.45, 7) is 0. The molecular formula is C18H19F3N2O2. The summed E-state index contributed by atoms with van der Waals surface area (Å²) in [6, 6.07) is 8.95. The van der Waals surface area contributed by atoms with E-state index in [0.717, 1.165) is 16.5 Å². The zero-order valence-corrected chi connectivity index (χ0v) is 13.5. The van der Waals surface area contributed by atoms with Crippen molar-refractivity contribution in [3.63, 3.8) is 0 Å². The molecule has 2 aromatic rings. The van der Waals surface area contributed by atoms with Crippen LogP contribution in [-0.4, -0.2) is 28.3 Å². The second-order valence-electron chi connectivity index (χ2n) is 6.51. The van der Waals surface area contributed by atoms with Gasteiger partial charge in [0.05, 0.1) is 24.1 Å². The number of aromatic nitrogens is 1. The number of alkyl halides is 3. The van der Waals surface area contributed by atoms with Crippen molar-refractivity contribution in [1.29, 1.82) is 0 Å². The number of pyridine rings is 1. The lowest BCUT2D eigenvalue weighted by atomic mass is 9.75. The van der Waals surface area contributed by atoms with E-state index in [0.29, 0.717) is 12.8 Å². The molecule has 0 saturated heterocycles. The molecule has 0 radical (unpaired) electrons. The third kappa shape index (κ3) is 4.48. The third-order valence-electron chi connectivity index (χ3n) is 4.54. The Kier molecular flexibility index (Phi) is 4.94. The highest BCUT2D eigenvalue weighted by molar-refractivity contribution is 5.80. The van der Waals surface area contributed by atoms with Crippen LogP contribution >= 0.6 is 0 Å². The molecule has 1 aliphatic rings. The van der Waals surface area contributed by atoms with Gasteiger partial charge in [0, 0.05) is 18.0 Å². The zero-order valence-electron chi connectivity index (χ0n) is 13.5. The molecule has 0 spiro atoms. The summed E-state index contributed by atoms with van der Waals surface area (Å²) in [5, 5.41) is 13.2. The summed E-state index contributed by atoms with van der Waals surface area (Å²) in [5.74, 6) is -0.648. The molecule has 1 heterocycles. The molecule has 7 heteroatoms. The summed E-state index contributed by atoms with van der Waals surface area (Å²) >= 11 is 0. The lowest BCUT2D eigenvalue weighted by Gasteiger charge is -2.38. The number of hydrogen-bond acceptors (Lipinski definition) is 3. The van der Waals surface area contributed by atoms with Gasteiger partial charge in [0.15, 0.2) is 0 Å². The molecule has 1 aromatic carbocycles. The number of amides is 1. The predicted molar refractivity (Wildman–Crippen MR) is 86.6 cm³/mol. The van der Waals surface area contributed by atoms with Gasteiger partial charge >= 0.3 is 6.18 Å². The van der Waals surface area contributed by atoms with Crippen LogP contribution < -0.4 is 5.32 Å². The summed E-state index contributed by atoms with van der Waals surface area (Å²) in [7, 11) is 0. The van der Waals surface area contributed by atoms with E-state index in [1.165, 1.54) is 0 Å². The van der Waals surface area contributed by atoms with E-state index in [1.807, 2.05) is 30.3 Å². The SMILES string of the molecule is O=C(CCC(F)(F)F)N[C@H](c1cnc2ccccc2c1)C1CC(O)C1. The number of hydrogen-bond donors (Lipinski definition) is 2. The highest BCUT2D eigenvalue weighted by Gasteiger charge is 2.36. The number of rotatable bonds is 5. The maximum atomic E-state index is 12.3. The van der Waals surface area contributed by atoms with Gasteiger partial charge in [0.2, 0.25) is 5.91 Å². The molecular weight excluding hydrogens is 333 g/mol. The first-order valence-electron chi connectivity index (χ1n) is 8.21. The van der Waals surface area contributed by atoms with Gasteiger partial charge in [0.25, 0.3) is 0 Å². The maximum Gasteiger partial charge on any atom is 0.389 e. The van der Waals surface area contributed by atoms with Gasteiger partial charge in [-0.25, -0.2) is 0 Å². The van der Waals surface area contributed by atoms with Crippen LogP contribution in [0.15, 0.2) is 36.5 Å². The fourth-order valence-corrected chi connectivity index (χ4v) is 3.13. The molecule has 0 aliphatic heterocycles. The van der Waals surface area contributed by atoms with Crippen LogP contribution in [-0.2, 0) is 4.79 Å². The second-order valence-corrected chi connectivity index (χ2v) is 6.51. The van der Waals surface area contributed by atoms with Crippen molar-refractivity contribution in [3.8, 4) is 0 Å². The van der Waals surface area contributed by atoms with E-state index in [-0.39, 0.29) is 5.92 Å². The molecule has 1 atom stereocenters. The number of aliphatic hydroxyl groups excluding tert-OH is 1. The standard InChI is InChI=1S/C18H19F3N2O2/c19-18(20,21)6-5-16(25)23-17(12-8-14(24)9-12)13-7-11-3-1-2-4-15(11)22-10-13/h1-4,7,10,12,14,17,24H,5-6,8-9H2,(H,23,25)/t12?,14?,17-/m0/s1. The number of benzene rings is 1. The third-order valence-corrected chi connectivity index (χ3v) is 4.54. The van der Waals surface area contributed by atoms with Crippen LogP contribution in [0.25, 0.3) is 10.9 Å². The van der Waals surface area contributed by atoms with Gasteiger partial charge in [-0.2, -0.15) is 13.2 Å². The van der Waals surface area contributed by atoms with Crippen molar-refractivity contribution < 1.29 is 23.1 Å². The van der Waals surface area contributed by atoms with Crippen LogP contribution in [0.5, 0.6) is 0 Å². The molecule has 3 rings (SSSR count). The Bertz CT molecular complexity index is 757. The van der Waals surface area contributed by atoms with Crippen molar-refractivity contribution in [3.05, 3.63) is 42.1 Å². The summed E-state index contributed by atoms with van der Waals surface area (Å²) in [4.78, 5) is 16.3. The Balaban J connectivity index is 1.78. The molecule has 134 valence electrons. The van der Waals surface area contributed by atoms with E-state index in [1.54, 1.807) is 6.20 Å². The lowest BCUT2D eigenvalue weighted by Crippen LogP contribution is -2.41. The maximum absolute atomic E-state index is 12.3. The van der Waals surface area contributed by atoms with Crippen molar-refractivity contribution in [2.75, 3.05) is 0 Å². The van der Waals surface area contributed by atoms with Crippen LogP contribution in [0, 0.1) is 5.92 Å². The number of fused-ring (bicyclic) bond motifs is 1. The minimum Gasteiger partial charge on any atom is -0.393 e. The fourth-order valence-electron chi connectivity index (χ4n) is 3.13. The predicted octanol–water partition coefficient (Wildman–Crippen LogP) is 3.51. The van der Waals surface area contributed by atoms with E-state index in [2.05, 4.69) is 10.3 Å². The number of carbonyl (C=O) groups is 1. The first-order chi connectivity index (χ1) is 11.8. The number of carbonyl (C=O) groups excluding carboxylic acids is 1. The van der Waals surface area contributed by atoms with Crippen molar-refractivity contribution in [1.82, 2.24) is 10.3 Å². The Hall–Kier alpha value is -2.15. The second kappa shape index (κ2) is 7.00. The topological polar surface area (TPSA) is 62.2 Å². The average Bonchev–Trinajstić information content (AvgIpc) is 2.54. The molecule has 0 unspecified atom stereocenters. The number of para-hydroxylation sites is 1. The van der Waals surface area contributed by atoms with Crippen LogP contribution in [0.3, 0.4) is 0 Å². The largest absolute Gasteiger partial charge is 0.393 e. The first kappa shape index (κ1) is 17.7. The zero-order chi connectivity index (χ0) is 18.0. The summed E-state index contributed by atoms with van der Waals surface area (Å²) in [6.07, 6.45) is -3.86. The normalized spacial score (nSPS) is 21.6. The minimum absolute atomic E-state index is 0.00667. The number of nitrogens with one attached hydrogen (secondary N) is 1. The average molecular weight is 352 g/mol. The molecule has 4 nitrogen and oxygen atoms in total. The van der Waals surface area contributed by atoms with Gasteiger partial charge in [-0.05, 0) is 36.5 Å². The van der Waals surface area contributed by atoms with Crippen molar-refractivity contribution in [2.24, 2.45) is 5.92 Å². The monoisotopic (exact) mass is 352 g/mol. The number of aliphatic hydroxyl groups is 1. The molecule has 1 aromatic heterocycles. The number of nitrogens with zero attached hydrogens (tertiary/aromatic N) is 1. The highest BCUT2D eigenvalue weighted by atomic mass is 19.4. The lowest BCUT2D eigenvalue weighted by molar-refractivity contribution is -0.144. The van der Waals surface area contributed by atoms with Gasteiger partial charge in [-0.3, -0.25) is 9.78 Å². The Morgan fingerprint density at radius 3 is 2.72 bits per heavy atom. The van der Waals surface area contributed by atoms with E-state index < -0.39 is 37.1 Å². The van der Waals surface area contributed by atoms with Gasteiger partial charge in [-0.1, -0.05) is 18.2 Å². The van der Waals surface area contributed by atoms with Gasteiger partial charge < -0.3 is 10.4 Å². The van der Waals surface area contributed by atoms with Crippen molar-refractivity contribution in [2.45, 2.75) is 44.0 Å². The van der Waals surface area contributed by atoms with Gasteiger partial charge in [-0.15, -0.1) is 0 Å². The minimum atomic E-state index is -4.36. The first-order valence-corrected chi connectivity index (χ1v) is 8.21. The Morgan fingerprint density at radius 1 is 1.32 bits per heavy atom. The summed E-state index contributed by atoms with van der Waals surface area (Å²) in [5.41, 5.74) is 1.55. The smallest absolute Gasteiger partial charge is 0.389 e. The molecule has 25 heavy (non-hydrogen) atoms. The van der Waals surface area contributed by atoms with Crippen LogP contribution in [0.2, 0.25) is 0 Å². The van der Waals surface area contributed by atoms with E-state index in [9.17, 15) is 23.1 Å². The molecule has 0 bridgehead atoms. The highest BCUT2D eigenvalue weighted by Crippen LogP contribution is 2.38. The number of halogens is 3. The van der Waals surface area contributed by atoms with E-state index in [4.69, 9.17) is 0 Å². The molecule has 1 amide bonds. The Labute approximate surface area is 143 Å². The van der Waals surface area contributed by atoms with Gasteiger partial charge in [0.1, 0.15) is 0 Å². The van der Waals surface area contributed by atoms with Crippen molar-refractivity contribution >= 4 is 16.8 Å². The van der Waals surface area contributed by atoms with E-state index >= 15 is 0 Å². The van der Waals surface area contributed by atoms with Crippen LogP contribution in [0.1, 0.15) is 37.3 Å². The molecule has 2 N–H and O–H groups in total. The fraction of sp³-hybridized carbons (Fsp3) is 0.444. The summed E-state index contributed by atoms with van der Waals surface area (Å²) < 4.78 is 36.9. The Morgan fingerprint density at radius 2 is 2.04 bits per heavy atom. The molecule has 1 fully saturated rings. The van der Waals surface area contributed by atoms with Crippen LogP contribution in [0.4, 0.5) is 13.2 Å².